The molecular weight excluding hydrogens is 348 g/mol. The van der Waals surface area contributed by atoms with E-state index in [1.54, 1.807) is 18.2 Å². The van der Waals surface area contributed by atoms with Crippen LogP contribution in [-0.4, -0.2) is 34.6 Å². The van der Waals surface area contributed by atoms with Gasteiger partial charge in [-0.3, -0.25) is 4.79 Å². The van der Waals surface area contributed by atoms with Crippen molar-refractivity contribution in [3.8, 4) is 0 Å². The Hall–Kier alpha value is -1.27. The summed E-state index contributed by atoms with van der Waals surface area (Å²) in [6.45, 7) is 3.81. The lowest BCUT2D eigenvalue weighted by molar-refractivity contribution is -0.137. The van der Waals surface area contributed by atoms with Gasteiger partial charge < -0.3 is 15.3 Å². The molecule has 0 aliphatic carbocycles. The topological polar surface area (TPSA) is 69.6 Å². The zero-order chi connectivity index (χ0) is 15.3. The highest BCUT2D eigenvalue weighted by Gasteiger charge is 2.18. The van der Waals surface area contributed by atoms with E-state index < -0.39 is 5.97 Å². The van der Waals surface area contributed by atoms with Gasteiger partial charge in [-0.2, -0.15) is 0 Å². The van der Waals surface area contributed by atoms with Crippen molar-refractivity contribution in [2.75, 3.05) is 11.9 Å². The average Bonchev–Trinajstić information content (AvgIpc) is 2.33. The minimum Gasteiger partial charge on any atom is -0.481 e. The minimum atomic E-state index is -0.935. The smallest absolute Gasteiger partial charge is 0.322 e. The molecule has 5 nitrogen and oxygen atoms in total. The monoisotopic (exact) mass is 362 g/mol. The summed E-state index contributed by atoms with van der Waals surface area (Å²) in [6.07, 6.45) is -0.0906. The molecule has 1 aromatic rings. The molecule has 20 heavy (non-hydrogen) atoms. The van der Waals surface area contributed by atoms with E-state index in [0.29, 0.717) is 10.7 Å². The number of hydrogen-bond donors (Lipinski definition) is 2. The van der Waals surface area contributed by atoms with E-state index in [1.165, 1.54) is 4.90 Å². The molecule has 0 aliphatic rings. The summed E-state index contributed by atoms with van der Waals surface area (Å²) in [6, 6.07) is 4.62. The fraction of sp³-hybridized carbons (Fsp3) is 0.385. The number of rotatable bonds is 5. The summed E-state index contributed by atoms with van der Waals surface area (Å²) in [5.74, 6) is -0.935. The van der Waals surface area contributed by atoms with Crippen molar-refractivity contribution in [2.45, 2.75) is 26.3 Å². The van der Waals surface area contributed by atoms with Crippen LogP contribution in [0.4, 0.5) is 10.5 Å². The first-order valence-electron chi connectivity index (χ1n) is 6.05. The van der Waals surface area contributed by atoms with Gasteiger partial charge >= 0.3 is 12.0 Å². The second-order valence-electron chi connectivity index (χ2n) is 4.49. The van der Waals surface area contributed by atoms with Crippen LogP contribution in [0.25, 0.3) is 0 Å². The maximum atomic E-state index is 12.1. The largest absolute Gasteiger partial charge is 0.481 e. The Balaban J connectivity index is 2.74. The van der Waals surface area contributed by atoms with Crippen LogP contribution in [0, 0.1) is 0 Å². The summed E-state index contributed by atoms with van der Waals surface area (Å²) >= 11 is 9.22. The Labute approximate surface area is 131 Å². The third-order valence-corrected chi connectivity index (χ3v) is 3.85. The molecule has 0 fully saturated rings. The number of hydrogen-bond acceptors (Lipinski definition) is 2. The van der Waals surface area contributed by atoms with Gasteiger partial charge in [0.05, 0.1) is 11.4 Å². The minimum absolute atomic E-state index is 0.0906. The van der Waals surface area contributed by atoms with Gasteiger partial charge in [0.2, 0.25) is 0 Å². The molecule has 0 saturated heterocycles. The lowest BCUT2D eigenvalue weighted by Gasteiger charge is -2.26. The van der Waals surface area contributed by atoms with Crippen molar-refractivity contribution < 1.29 is 14.7 Å². The van der Waals surface area contributed by atoms with Crippen LogP contribution in [0.1, 0.15) is 20.3 Å². The maximum absolute atomic E-state index is 12.1. The van der Waals surface area contributed by atoms with E-state index in [0.717, 1.165) is 4.47 Å². The fourth-order valence-electron chi connectivity index (χ4n) is 1.58. The van der Waals surface area contributed by atoms with Crippen LogP contribution < -0.4 is 5.32 Å². The number of anilines is 1. The summed E-state index contributed by atoms with van der Waals surface area (Å²) in [7, 11) is 0. The first-order chi connectivity index (χ1) is 9.31. The van der Waals surface area contributed by atoms with Gasteiger partial charge in [-0.15, -0.1) is 0 Å². The van der Waals surface area contributed by atoms with Crippen LogP contribution in [0.3, 0.4) is 0 Å². The fourth-order valence-corrected chi connectivity index (χ4v) is 2.01. The Bertz CT molecular complexity index is 508. The summed E-state index contributed by atoms with van der Waals surface area (Å²) in [4.78, 5) is 24.2. The molecule has 0 aliphatic heterocycles. The zero-order valence-corrected chi connectivity index (χ0v) is 13.5. The molecule has 0 radical (unpaired) electrons. The number of carbonyl (C=O) groups excluding carboxylic acids is 1. The number of nitrogens with zero attached hydrogens (tertiary/aromatic N) is 1. The summed E-state index contributed by atoms with van der Waals surface area (Å²) in [5.41, 5.74) is 0.559. The summed E-state index contributed by atoms with van der Waals surface area (Å²) < 4.78 is 0.740. The van der Waals surface area contributed by atoms with Crippen LogP contribution >= 0.6 is 27.5 Å². The molecule has 110 valence electrons. The van der Waals surface area contributed by atoms with E-state index in [1.807, 2.05) is 13.8 Å². The highest BCUT2D eigenvalue weighted by atomic mass is 79.9. The molecule has 1 aromatic carbocycles. The number of nitrogens with one attached hydrogen (secondary N) is 1. The Morgan fingerprint density at radius 1 is 1.45 bits per heavy atom. The Morgan fingerprint density at radius 3 is 2.60 bits per heavy atom. The van der Waals surface area contributed by atoms with Crippen LogP contribution in [0.15, 0.2) is 22.7 Å². The van der Waals surface area contributed by atoms with E-state index in [9.17, 15) is 9.59 Å². The number of urea groups is 1. The van der Waals surface area contributed by atoms with Crippen LogP contribution in [0.5, 0.6) is 0 Å². The number of aliphatic carboxylic acids is 1. The molecule has 0 heterocycles. The first kappa shape index (κ1) is 16.8. The molecule has 7 heteroatoms. The Morgan fingerprint density at radius 2 is 2.10 bits per heavy atom. The molecule has 0 spiro atoms. The number of carboxylic acids is 1. The second-order valence-corrected chi connectivity index (χ2v) is 5.75. The second kappa shape index (κ2) is 7.50. The predicted octanol–water partition coefficient (Wildman–Crippen LogP) is 3.82. The highest BCUT2D eigenvalue weighted by Crippen LogP contribution is 2.25. The van der Waals surface area contributed by atoms with Gasteiger partial charge in [0.1, 0.15) is 0 Å². The van der Waals surface area contributed by atoms with E-state index >= 15 is 0 Å². The van der Waals surface area contributed by atoms with Gasteiger partial charge in [-0.05, 0) is 48.0 Å². The van der Waals surface area contributed by atoms with Crippen LogP contribution in [0.2, 0.25) is 5.02 Å². The molecular formula is C13H16BrClN2O3. The number of amides is 2. The molecule has 0 saturated carbocycles. The van der Waals surface area contributed by atoms with Gasteiger partial charge in [0, 0.05) is 22.7 Å². The van der Waals surface area contributed by atoms with Crippen molar-refractivity contribution in [2.24, 2.45) is 0 Å². The zero-order valence-electron chi connectivity index (χ0n) is 11.2. The van der Waals surface area contributed by atoms with E-state index in [-0.39, 0.29) is 25.0 Å². The lowest BCUT2D eigenvalue weighted by Crippen LogP contribution is -2.41. The Kier molecular flexibility index (Phi) is 6.29. The third kappa shape index (κ3) is 5.02. The molecule has 0 unspecified atom stereocenters. The lowest BCUT2D eigenvalue weighted by atomic mass is 10.3. The van der Waals surface area contributed by atoms with Crippen molar-refractivity contribution in [3.05, 3.63) is 27.7 Å². The number of carbonyl (C=O) groups is 2. The SMILES string of the molecule is CC(C)N(CCC(=O)O)C(=O)Nc1ccc(Br)c(Cl)c1. The van der Waals surface area contributed by atoms with Gasteiger partial charge in [0.15, 0.2) is 0 Å². The summed E-state index contributed by atoms with van der Waals surface area (Å²) in [5, 5.41) is 11.9. The quantitative estimate of drug-likeness (QED) is 0.835. The number of carboxylic acid groups (broad SMARTS) is 1. The normalized spacial score (nSPS) is 10.4. The van der Waals surface area contributed by atoms with Crippen LogP contribution in [-0.2, 0) is 4.79 Å². The molecule has 2 N–H and O–H groups in total. The first-order valence-corrected chi connectivity index (χ1v) is 7.23. The number of benzene rings is 1. The van der Waals surface area contributed by atoms with Crippen molar-refractivity contribution >= 4 is 45.2 Å². The standard InChI is InChI=1S/C13H16BrClN2O3/c1-8(2)17(6-5-12(18)19)13(20)16-9-3-4-10(14)11(15)7-9/h3-4,7-8H,5-6H2,1-2H3,(H,16,20)(H,18,19). The third-order valence-electron chi connectivity index (χ3n) is 2.62. The van der Waals surface area contributed by atoms with Gasteiger partial charge in [0.25, 0.3) is 0 Å². The molecule has 2 amide bonds. The van der Waals surface area contributed by atoms with Crippen molar-refractivity contribution in [1.29, 1.82) is 0 Å². The van der Waals surface area contributed by atoms with Crippen molar-refractivity contribution in [3.63, 3.8) is 0 Å². The van der Waals surface area contributed by atoms with Gasteiger partial charge in [-0.1, -0.05) is 11.6 Å². The molecule has 0 bridgehead atoms. The van der Waals surface area contributed by atoms with E-state index in [2.05, 4.69) is 21.2 Å². The molecule has 0 atom stereocenters. The van der Waals surface area contributed by atoms with E-state index in [4.69, 9.17) is 16.7 Å². The van der Waals surface area contributed by atoms with Crippen molar-refractivity contribution in [1.82, 2.24) is 4.90 Å². The highest BCUT2D eigenvalue weighted by molar-refractivity contribution is 9.10. The number of halogens is 2. The molecule has 1 rings (SSSR count). The maximum Gasteiger partial charge on any atom is 0.322 e. The van der Waals surface area contributed by atoms with Gasteiger partial charge in [-0.25, -0.2) is 4.79 Å². The molecule has 0 aromatic heterocycles. The average molecular weight is 364 g/mol. The predicted molar refractivity (Wildman–Crippen MR) is 82.3 cm³/mol.